The van der Waals surface area contributed by atoms with Crippen LogP contribution in [0.5, 0.6) is 0 Å². The van der Waals surface area contributed by atoms with Crippen LogP contribution in [0.25, 0.3) is 0 Å². The summed E-state index contributed by atoms with van der Waals surface area (Å²) in [6.45, 7) is 2.41. The molecule has 3 rings (SSSR count). The molecule has 0 aliphatic heterocycles. The Morgan fingerprint density at radius 2 is 0.700 bits per heavy atom. The summed E-state index contributed by atoms with van der Waals surface area (Å²) in [5.41, 5.74) is 0. The maximum Gasteiger partial charge on any atom is 0.109 e. The Kier molecular flexibility index (Phi) is 3.67. The fraction of sp³-hybridized carbons (Fsp3) is 0.0526. The first kappa shape index (κ1) is 13.1. The number of hydrogen-bond donors (Lipinski definition) is 0. The lowest BCUT2D eigenvalue weighted by Crippen LogP contribution is -2.30. The molecule has 0 heterocycles. The van der Waals surface area contributed by atoms with E-state index in [2.05, 4.69) is 97.7 Å². The average molecular weight is 279 g/mol. The summed E-state index contributed by atoms with van der Waals surface area (Å²) in [6.07, 6.45) is 0. The van der Waals surface area contributed by atoms with Crippen LogP contribution in [0.4, 0.5) is 0 Å². The van der Waals surface area contributed by atoms with Gasteiger partial charge < -0.3 is 0 Å². The van der Waals surface area contributed by atoms with Crippen molar-refractivity contribution >= 4 is 23.2 Å². The molecule has 98 valence electrons. The molecule has 0 spiro atoms. The molecule has 3 aromatic carbocycles. The van der Waals surface area contributed by atoms with Gasteiger partial charge in [0.05, 0.1) is 6.66 Å². The van der Waals surface area contributed by atoms with Crippen LogP contribution in [-0.4, -0.2) is 6.66 Å². The average Bonchev–Trinajstić information content (AvgIpc) is 2.56. The van der Waals surface area contributed by atoms with Crippen molar-refractivity contribution < 1.29 is 0 Å². The summed E-state index contributed by atoms with van der Waals surface area (Å²) in [5.74, 6) is 0. The zero-order chi connectivity index (χ0) is 13.8. The number of hydrogen-bond acceptors (Lipinski definition) is 0. The predicted molar refractivity (Wildman–Crippen MR) is 91.1 cm³/mol. The minimum atomic E-state index is -1.53. The highest BCUT2D eigenvalue weighted by atomic mass is 31.2. The molecular weight excluding hydrogens is 261 g/mol. The van der Waals surface area contributed by atoms with E-state index in [1.165, 1.54) is 15.9 Å². The van der Waals surface area contributed by atoms with E-state index in [9.17, 15) is 0 Å². The molecular formula is C19H18P+. The van der Waals surface area contributed by atoms with E-state index < -0.39 is 7.26 Å². The molecule has 3 aromatic rings. The predicted octanol–water partition coefficient (Wildman–Crippen LogP) is 3.61. The minimum Gasteiger partial charge on any atom is -0.0620 e. The third kappa shape index (κ3) is 2.28. The Balaban J connectivity index is 2.24. The molecule has 0 radical (unpaired) electrons. The zero-order valence-electron chi connectivity index (χ0n) is 11.6. The Morgan fingerprint density at radius 3 is 0.950 bits per heavy atom. The Hall–Kier alpha value is -1.91. The van der Waals surface area contributed by atoms with Gasteiger partial charge in [-0.2, -0.15) is 0 Å². The summed E-state index contributed by atoms with van der Waals surface area (Å²) >= 11 is 0. The molecule has 20 heavy (non-hydrogen) atoms. The van der Waals surface area contributed by atoms with Gasteiger partial charge in [-0.05, 0) is 36.4 Å². The van der Waals surface area contributed by atoms with E-state index in [1.807, 2.05) is 0 Å². The van der Waals surface area contributed by atoms with E-state index in [-0.39, 0.29) is 0 Å². The standard InChI is InChI=1S/C19H18P/c1-20(17-11-5-2-6-12-17,18-13-7-3-8-14-18)19-15-9-4-10-16-19/h2-16H,1H3/q+1/i1+2. The maximum atomic E-state index is 2.41. The Labute approximate surface area is 121 Å². The smallest absolute Gasteiger partial charge is 0.0620 e. The molecule has 0 aliphatic rings. The topological polar surface area (TPSA) is 0 Å². The normalized spacial score (nSPS) is 11.2. The van der Waals surface area contributed by atoms with E-state index in [4.69, 9.17) is 0 Å². The molecule has 0 aromatic heterocycles. The van der Waals surface area contributed by atoms with E-state index in [0.717, 1.165) is 0 Å². The van der Waals surface area contributed by atoms with Gasteiger partial charge in [0.15, 0.2) is 0 Å². The van der Waals surface area contributed by atoms with E-state index >= 15 is 0 Å². The summed E-state index contributed by atoms with van der Waals surface area (Å²) in [7, 11) is -1.53. The van der Waals surface area contributed by atoms with Crippen LogP contribution in [0, 0.1) is 0 Å². The van der Waals surface area contributed by atoms with Crippen LogP contribution in [0.1, 0.15) is 0 Å². The Bertz CT molecular complexity index is 563. The number of benzene rings is 3. The van der Waals surface area contributed by atoms with Crippen molar-refractivity contribution in [2.45, 2.75) is 0 Å². The van der Waals surface area contributed by atoms with Crippen molar-refractivity contribution in [2.75, 3.05) is 6.66 Å². The lowest BCUT2D eigenvalue weighted by molar-refractivity contribution is 1.72. The molecule has 0 fully saturated rings. The fourth-order valence-electron chi connectivity index (χ4n) is 2.63. The summed E-state index contributed by atoms with van der Waals surface area (Å²) < 4.78 is 0. The van der Waals surface area contributed by atoms with E-state index in [0.29, 0.717) is 0 Å². The highest BCUT2D eigenvalue weighted by Crippen LogP contribution is 2.51. The molecule has 0 amide bonds. The molecule has 0 bridgehead atoms. The van der Waals surface area contributed by atoms with Gasteiger partial charge in [0, 0.05) is 0 Å². The SMILES string of the molecule is [14CH3][P+](c1ccccc1)(c1ccccc1)c1ccccc1. The molecule has 0 saturated heterocycles. The molecule has 0 unspecified atom stereocenters. The van der Waals surface area contributed by atoms with Crippen molar-refractivity contribution in [2.24, 2.45) is 0 Å². The first-order valence-corrected chi connectivity index (χ1v) is 9.09. The van der Waals surface area contributed by atoms with Crippen molar-refractivity contribution in [3.8, 4) is 0 Å². The van der Waals surface area contributed by atoms with Gasteiger partial charge in [-0.1, -0.05) is 54.6 Å². The van der Waals surface area contributed by atoms with Crippen LogP contribution in [0.3, 0.4) is 0 Å². The van der Waals surface area contributed by atoms with Gasteiger partial charge in [0.1, 0.15) is 23.2 Å². The second kappa shape index (κ2) is 5.61. The van der Waals surface area contributed by atoms with E-state index in [1.54, 1.807) is 0 Å². The van der Waals surface area contributed by atoms with Crippen LogP contribution >= 0.6 is 7.26 Å². The lowest BCUT2D eigenvalue weighted by Gasteiger charge is -2.22. The molecule has 0 atom stereocenters. The minimum absolute atomic E-state index is 1.43. The van der Waals surface area contributed by atoms with Crippen LogP contribution in [-0.2, 0) is 0 Å². The zero-order valence-corrected chi connectivity index (χ0v) is 12.5. The van der Waals surface area contributed by atoms with Gasteiger partial charge in [0.2, 0.25) is 0 Å². The van der Waals surface area contributed by atoms with Crippen LogP contribution < -0.4 is 15.9 Å². The summed E-state index contributed by atoms with van der Waals surface area (Å²) in [5, 5.41) is 4.28. The van der Waals surface area contributed by atoms with Crippen molar-refractivity contribution in [1.29, 1.82) is 0 Å². The van der Waals surface area contributed by atoms with Gasteiger partial charge >= 0.3 is 0 Å². The first-order chi connectivity index (χ1) is 9.82. The highest BCUT2D eigenvalue weighted by Gasteiger charge is 2.39. The molecule has 0 N–H and O–H groups in total. The second-order valence-corrected chi connectivity index (χ2v) is 8.57. The van der Waals surface area contributed by atoms with Gasteiger partial charge in [-0.15, -0.1) is 0 Å². The van der Waals surface area contributed by atoms with Crippen molar-refractivity contribution in [3.05, 3.63) is 91.0 Å². The number of rotatable bonds is 3. The molecule has 0 nitrogen and oxygen atoms in total. The quantitative estimate of drug-likeness (QED) is 0.642. The van der Waals surface area contributed by atoms with Crippen molar-refractivity contribution in [1.82, 2.24) is 0 Å². The third-order valence-corrected chi connectivity index (χ3v) is 7.81. The molecule has 1 heteroatoms. The highest BCUT2D eigenvalue weighted by molar-refractivity contribution is 7.95. The van der Waals surface area contributed by atoms with Crippen LogP contribution in [0.15, 0.2) is 91.0 Å². The Morgan fingerprint density at radius 1 is 0.450 bits per heavy atom. The monoisotopic (exact) mass is 279 g/mol. The summed E-state index contributed by atoms with van der Waals surface area (Å²) in [6, 6.07) is 32.6. The second-order valence-electron chi connectivity index (χ2n) is 5.01. The van der Waals surface area contributed by atoms with Gasteiger partial charge in [-0.25, -0.2) is 0 Å². The first-order valence-electron chi connectivity index (χ1n) is 6.85. The van der Waals surface area contributed by atoms with Gasteiger partial charge in [0.25, 0.3) is 0 Å². The van der Waals surface area contributed by atoms with Crippen molar-refractivity contribution in [3.63, 3.8) is 0 Å². The molecule has 0 aliphatic carbocycles. The maximum absolute atomic E-state index is 2.41. The van der Waals surface area contributed by atoms with Gasteiger partial charge in [-0.3, -0.25) is 0 Å². The fourth-order valence-corrected chi connectivity index (χ4v) is 5.83. The summed E-state index contributed by atoms with van der Waals surface area (Å²) in [4.78, 5) is 0. The van der Waals surface area contributed by atoms with Crippen LogP contribution in [0.2, 0.25) is 0 Å². The lowest BCUT2D eigenvalue weighted by atomic mass is 10.4. The third-order valence-electron chi connectivity index (χ3n) is 3.82. The largest absolute Gasteiger partial charge is 0.109 e. The molecule has 0 saturated carbocycles.